The summed E-state index contributed by atoms with van der Waals surface area (Å²) in [6, 6.07) is 0. The van der Waals surface area contributed by atoms with Gasteiger partial charge in [0.05, 0.1) is 72.8 Å². The van der Waals surface area contributed by atoms with E-state index in [4.69, 9.17) is 13.0 Å². The van der Waals surface area contributed by atoms with Gasteiger partial charge in [-0.15, -0.1) is 3.89 Å². The predicted molar refractivity (Wildman–Crippen MR) is 134 cm³/mol. The first kappa shape index (κ1) is 47.1. The number of nitrogens with zero attached hydrogens (tertiary/aromatic N) is 2. The van der Waals surface area contributed by atoms with E-state index >= 15 is 0 Å². The van der Waals surface area contributed by atoms with Crippen LogP contribution >= 0.6 is 0 Å². The van der Waals surface area contributed by atoms with Gasteiger partial charge in [0.25, 0.3) is 0 Å². The smallest absolute Gasteiger partial charge is 0.332 e. The molecule has 0 unspecified atom stereocenters. The molecule has 0 rings (SSSR count). The Morgan fingerprint density at radius 2 is 0.854 bits per heavy atom. The number of alkyl halides is 3. The minimum Gasteiger partial charge on any atom is -0.748 e. The molecule has 0 spiro atoms. The molecule has 0 radical (unpaired) electrons. The lowest BCUT2D eigenvalue weighted by atomic mass is 10.5. The van der Waals surface area contributed by atoms with Gasteiger partial charge in [0.2, 0.25) is 10.4 Å². The van der Waals surface area contributed by atoms with Gasteiger partial charge in [-0.2, -0.15) is 8.78 Å². The first-order valence-corrected chi connectivity index (χ1v) is 22.5. The Bertz CT molecular complexity index is 1630. The van der Waals surface area contributed by atoms with Gasteiger partial charge in [-0.3, -0.25) is 29.6 Å². The average molecular weight is 775 g/mol. The number of hydrogen-bond donors (Lipinski definition) is 0. The molecule has 0 aliphatic rings. The van der Waals surface area contributed by atoms with E-state index in [1.54, 1.807) is 0 Å². The second-order valence-corrected chi connectivity index (χ2v) is 21.4. The lowest BCUT2D eigenvalue weighted by Gasteiger charge is -2.22. The van der Waals surface area contributed by atoms with Crippen LogP contribution in [-0.2, 0) is 80.1 Å². The molecule has 0 aromatic rings. The highest BCUT2D eigenvalue weighted by Gasteiger charge is 2.39. The molecule has 0 aliphatic carbocycles. The van der Waals surface area contributed by atoms with Crippen molar-refractivity contribution in [2.45, 2.75) is 11.7 Å². The van der Waals surface area contributed by atoms with Gasteiger partial charge >= 0.3 is 5.25 Å². The van der Waals surface area contributed by atoms with Gasteiger partial charge in [-0.05, 0) is 0 Å². The SMILES string of the molecule is CS(=O)(=O)[C-](S(C)(=O)=O)S(C)(=O)=O.CS(=O)(=O)[N-]S(C)(=O)=O.CS(=O)(=O)[O-].O=S(=O)(F)[N-]S(=O)(=O)C(F)(F)CCF. The van der Waals surface area contributed by atoms with E-state index < -0.39 is 102 Å². The van der Waals surface area contributed by atoms with E-state index in [0.717, 1.165) is 0 Å². The lowest BCUT2D eigenvalue weighted by Crippen LogP contribution is -2.29. The van der Waals surface area contributed by atoms with E-state index in [0.29, 0.717) is 37.5 Å². The largest absolute Gasteiger partial charge is 0.748 e. The Morgan fingerprint density at radius 1 is 0.610 bits per heavy atom. The summed E-state index contributed by atoms with van der Waals surface area (Å²) in [6.07, 6.45) is 1.85. The molecule has 0 heterocycles. The topological polar surface area (TPSA) is 324 Å². The molecular formula is C10H22F4N2O17S8-4. The van der Waals surface area contributed by atoms with Crippen molar-refractivity contribution in [2.75, 3.05) is 44.2 Å². The van der Waals surface area contributed by atoms with Crippen molar-refractivity contribution >= 4 is 80.1 Å². The lowest BCUT2D eigenvalue weighted by molar-refractivity contribution is 0.0752. The van der Waals surface area contributed by atoms with Crippen molar-refractivity contribution in [3.63, 3.8) is 0 Å². The van der Waals surface area contributed by atoms with Gasteiger partial charge in [-0.1, -0.05) is 0 Å². The Hall–Kier alpha value is -0.800. The second-order valence-electron chi connectivity index (χ2n) is 6.85. The van der Waals surface area contributed by atoms with Gasteiger partial charge < -0.3 is 12.8 Å². The fourth-order valence-electron chi connectivity index (χ4n) is 1.48. The van der Waals surface area contributed by atoms with E-state index in [-0.39, 0.29) is 0 Å². The summed E-state index contributed by atoms with van der Waals surface area (Å²) >= 11 is 0. The van der Waals surface area contributed by atoms with Crippen LogP contribution in [0.1, 0.15) is 6.42 Å². The number of hydrogen-bond acceptors (Lipinski definition) is 17. The van der Waals surface area contributed by atoms with Gasteiger partial charge in [0.15, 0.2) is 10.0 Å². The van der Waals surface area contributed by atoms with Crippen molar-refractivity contribution in [3.05, 3.63) is 12.2 Å². The van der Waals surface area contributed by atoms with Crippen LogP contribution in [0.25, 0.3) is 8.25 Å². The predicted octanol–water partition coefficient (Wildman–Crippen LogP) is -2.14. The van der Waals surface area contributed by atoms with Gasteiger partial charge in [-0.25, -0.2) is 42.1 Å². The summed E-state index contributed by atoms with van der Waals surface area (Å²) in [7, 11) is -36.0. The summed E-state index contributed by atoms with van der Waals surface area (Å²) < 4.78 is 223. The molecule has 31 heteroatoms. The molecule has 0 atom stereocenters. The van der Waals surface area contributed by atoms with Crippen LogP contribution in [0.15, 0.2) is 0 Å². The fraction of sp³-hybridized carbons (Fsp3) is 0.900. The zero-order valence-electron chi connectivity index (χ0n) is 21.0. The number of sulfone groups is 3. The third-order valence-corrected chi connectivity index (χ3v) is 14.0. The molecule has 0 aromatic heterocycles. The highest BCUT2D eigenvalue weighted by Crippen LogP contribution is 2.32. The Morgan fingerprint density at radius 3 is 0.951 bits per heavy atom. The van der Waals surface area contributed by atoms with Crippen molar-refractivity contribution in [2.24, 2.45) is 0 Å². The van der Waals surface area contributed by atoms with Crippen LogP contribution in [-0.4, -0.2) is 121 Å². The third kappa shape index (κ3) is 30.5. The van der Waals surface area contributed by atoms with Crippen LogP contribution in [0.2, 0.25) is 0 Å². The summed E-state index contributed by atoms with van der Waals surface area (Å²) in [5.74, 6) is 0. The Kier molecular flexibility index (Phi) is 18.1. The summed E-state index contributed by atoms with van der Waals surface area (Å²) in [5, 5.41) is -4.74. The molecule has 254 valence electrons. The highest BCUT2D eigenvalue weighted by molar-refractivity contribution is 8.28. The zero-order valence-corrected chi connectivity index (χ0v) is 27.6. The first-order chi connectivity index (χ1) is 17.1. The van der Waals surface area contributed by atoms with Crippen molar-refractivity contribution in [1.82, 2.24) is 0 Å². The van der Waals surface area contributed by atoms with Crippen molar-refractivity contribution in [1.29, 1.82) is 0 Å². The molecule has 0 fully saturated rings. The van der Waals surface area contributed by atoms with Crippen LogP contribution in [0.4, 0.5) is 17.1 Å². The molecular weight excluding hydrogens is 753 g/mol. The molecule has 0 saturated carbocycles. The van der Waals surface area contributed by atoms with Crippen molar-refractivity contribution < 1.29 is 89.0 Å². The van der Waals surface area contributed by atoms with Crippen LogP contribution in [0, 0.1) is 3.91 Å². The minimum atomic E-state index is -5.95. The Labute approximate surface area is 236 Å². The Balaban J connectivity index is -0.000000235. The van der Waals surface area contributed by atoms with Crippen LogP contribution < -0.4 is 0 Å². The van der Waals surface area contributed by atoms with Crippen LogP contribution in [0.5, 0.6) is 0 Å². The molecule has 0 aromatic carbocycles. The quantitative estimate of drug-likeness (QED) is 0.0989. The number of rotatable bonds is 10. The monoisotopic (exact) mass is 774 g/mol. The average Bonchev–Trinajstić information content (AvgIpc) is 2.42. The standard InChI is InChI=1S/C4H9O6S3.C3H4F4NO4S2.C2H6NO4S2.CH4O3S/c1-11(5,6)4(12(2,7)8)13(3,9)10;4-2-1-3(5,6)13(9,10)8-14(7,11)12;1-8(4,5)3-9(2,6)7;1-5(2,3)4/h1-3H3;1-2H2;1-2H3;1H3,(H,2,3,4)/q3*-1;/p-1. The summed E-state index contributed by atoms with van der Waals surface area (Å²) in [4.78, 5) is 0. The van der Waals surface area contributed by atoms with E-state index in [1.807, 2.05) is 0 Å². The maximum Gasteiger partial charge on any atom is 0.332 e. The minimum absolute atomic E-state index is 0.532. The van der Waals surface area contributed by atoms with E-state index in [9.17, 15) is 76.0 Å². The molecule has 41 heavy (non-hydrogen) atoms. The fourth-order valence-corrected chi connectivity index (χ4v) is 11.8. The maximum atomic E-state index is 12.4. The third-order valence-electron chi connectivity index (χ3n) is 2.13. The van der Waals surface area contributed by atoms with Crippen LogP contribution in [0.3, 0.4) is 0 Å². The summed E-state index contributed by atoms with van der Waals surface area (Å²) in [5.41, 5.74) is 0. The number of sulfonamides is 3. The molecule has 0 aliphatic heterocycles. The molecule has 19 nitrogen and oxygen atoms in total. The highest BCUT2D eigenvalue weighted by atomic mass is 32.3. The maximum absolute atomic E-state index is 12.4. The molecule has 0 N–H and O–H groups in total. The second kappa shape index (κ2) is 15.8. The molecule has 0 saturated heterocycles. The number of halogens is 4. The molecule has 0 bridgehead atoms. The van der Waals surface area contributed by atoms with E-state index in [2.05, 4.69) is 4.13 Å². The zero-order chi connectivity index (χ0) is 34.9. The normalized spacial score (nSPS) is 14.0. The van der Waals surface area contributed by atoms with Gasteiger partial charge in [0, 0.05) is 41.4 Å². The van der Waals surface area contributed by atoms with Gasteiger partial charge in [0.1, 0.15) is 0 Å². The van der Waals surface area contributed by atoms with E-state index in [1.165, 1.54) is 4.13 Å². The molecule has 0 amide bonds. The van der Waals surface area contributed by atoms with Crippen molar-refractivity contribution in [3.8, 4) is 0 Å². The first-order valence-electron chi connectivity index (χ1n) is 8.48. The summed E-state index contributed by atoms with van der Waals surface area (Å²) in [6.45, 7) is -1.71.